The van der Waals surface area contributed by atoms with E-state index in [4.69, 9.17) is 32.6 Å². The van der Waals surface area contributed by atoms with Gasteiger partial charge in [0.2, 0.25) is 5.75 Å². The molecule has 0 aliphatic carbocycles. The first kappa shape index (κ1) is 34.9. The predicted molar refractivity (Wildman–Crippen MR) is 192 cm³/mol. The van der Waals surface area contributed by atoms with Crippen LogP contribution >= 0.6 is 0 Å². The lowest BCUT2D eigenvalue weighted by Gasteiger charge is -2.37. The van der Waals surface area contributed by atoms with E-state index in [9.17, 15) is 8.42 Å². The van der Waals surface area contributed by atoms with Crippen molar-refractivity contribution in [2.75, 3.05) is 62.7 Å². The molecule has 0 saturated carbocycles. The molecule has 11 nitrogen and oxygen atoms in total. The van der Waals surface area contributed by atoms with Crippen LogP contribution in [0.4, 0.5) is 0 Å². The average Bonchev–Trinajstić information content (AvgIpc) is 3.13. The molecule has 4 aliphatic rings. The highest BCUT2D eigenvalue weighted by molar-refractivity contribution is 7.86. The summed E-state index contributed by atoms with van der Waals surface area (Å²) in [7, 11) is 7.51. The summed E-state index contributed by atoms with van der Waals surface area (Å²) in [5, 5.41) is 0. The number of hydrogen-bond acceptors (Lipinski definition) is 11. The Bertz CT molecular complexity index is 2070. The molecule has 0 aromatic heterocycles. The topological polar surface area (TPSA) is 105 Å². The van der Waals surface area contributed by atoms with Gasteiger partial charge in [0.15, 0.2) is 34.5 Å². The Morgan fingerprint density at radius 2 is 1.29 bits per heavy atom. The zero-order valence-electron chi connectivity index (χ0n) is 30.1. The number of fused-ring (bicyclic) bond motifs is 2. The lowest BCUT2D eigenvalue weighted by molar-refractivity contribution is 0.219. The summed E-state index contributed by atoms with van der Waals surface area (Å²) in [5.41, 5.74) is 5.88. The quantitative estimate of drug-likeness (QED) is 0.204. The molecule has 12 heteroatoms. The van der Waals surface area contributed by atoms with Gasteiger partial charge in [-0.2, -0.15) is 8.42 Å². The lowest BCUT2D eigenvalue weighted by Crippen LogP contribution is -2.34. The van der Waals surface area contributed by atoms with Crippen molar-refractivity contribution in [2.45, 2.75) is 42.7 Å². The van der Waals surface area contributed by atoms with Gasteiger partial charge < -0.3 is 28.4 Å². The maximum atomic E-state index is 13.5. The van der Waals surface area contributed by atoms with E-state index in [-0.39, 0.29) is 29.1 Å². The monoisotopic (exact) mass is 716 g/mol. The summed E-state index contributed by atoms with van der Waals surface area (Å²) >= 11 is 0. The summed E-state index contributed by atoms with van der Waals surface area (Å²) in [6.07, 6.45) is 2.61. The summed E-state index contributed by atoms with van der Waals surface area (Å²) in [5.74, 6) is 3.87. The largest absolute Gasteiger partial charge is 0.493 e. The molecule has 0 fully saturated rings. The summed E-state index contributed by atoms with van der Waals surface area (Å²) < 4.78 is 68.9. The fourth-order valence-corrected chi connectivity index (χ4v) is 8.53. The Hall–Kier alpha value is -4.49. The minimum absolute atomic E-state index is 0.00561. The van der Waals surface area contributed by atoms with Gasteiger partial charge in [-0.15, -0.1) is 0 Å². The molecule has 0 radical (unpaired) electrons. The van der Waals surface area contributed by atoms with E-state index >= 15 is 0 Å². The second kappa shape index (κ2) is 13.9. The van der Waals surface area contributed by atoms with Gasteiger partial charge in [-0.05, 0) is 104 Å². The van der Waals surface area contributed by atoms with Crippen molar-refractivity contribution in [1.82, 2.24) is 9.80 Å². The molecule has 6 bridgehead atoms. The highest BCUT2D eigenvalue weighted by Gasteiger charge is 2.36. The van der Waals surface area contributed by atoms with Gasteiger partial charge in [-0.3, -0.25) is 14.0 Å². The van der Waals surface area contributed by atoms with E-state index in [1.165, 1.54) is 24.3 Å². The zero-order chi connectivity index (χ0) is 36.0. The van der Waals surface area contributed by atoms with E-state index in [1.54, 1.807) is 27.4 Å². The molecule has 0 amide bonds. The Morgan fingerprint density at radius 3 is 1.96 bits per heavy atom. The number of benzene rings is 4. The van der Waals surface area contributed by atoms with E-state index in [1.807, 2.05) is 25.2 Å². The minimum atomic E-state index is -4.15. The van der Waals surface area contributed by atoms with Gasteiger partial charge >= 0.3 is 0 Å². The van der Waals surface area contributed by atoms with Crippen LogP contribution < -0.4 is 28.4 Å². The van der Waals surface area contributed by atoms with Crippen molar-refractivity contribution in [2.24, 2.45) is 0 Å². The molecule has 0 N–H and O–H groups in total. The zero-order valence-corrected chi connectivity index (χ0v) is 30.9. The molecule has 51 heavy (non-hydrogen) atoms. The maximum Gasteiger partial charge on any atom is 0.297 e. The van der Waals surface area contributed by atoms with Crippen LogP contribution in [-0.4, -0.2) is 81.0 Å². The summed E-state index contributed by atoms with van der Waals surface area (Å²) in [6, 6.07) is 17.1. The number of methoxy groups -OCH3 is 4. The number of likely N-dealkylation sites (N-methyl/N-ethyl adjacent to an activating group) is 2. The molecule has 2 atom stereocenters. The molecular weight excluding hydrogens is 673 g/mol. The molecule has 1 unspecified atom stereocenters. The van der Waals surface area contributed by atoms with E-state index in [2.05, 4.69) is 41.1 Å². The molecule has 8 rings (SSSR count). The molecule has 270 valence electrons. The molecule has 4 aromatic rings. The predicted octanol–water partition coefficient (Wildman–Crippen LogP) is 6.50. The second-order valence-corrected chi connectivity index (χ2v) is 14.9. The normalized spacial score (nSPS) is 18.8. The van der Waals surface area contributed by atoms with E-state index < -0.39 is 10.1 Å². The van der Waals surface area contributed by atoms with Crippen LogP contribution in [0.3, 0.4) is 0 Å². The van der Waals surface area contributed by atoms with E-state index in [0.717, 1.165) is 43.2 Å². The molecule has 0 saturated heterocycles. The van der Waals surface area contributed by atoms with Gasteiger partial charge in [0, 0.05) is 36.8 Å². The number of hydrogen-bond donors (Lipinski definition) is 0. The van der Waals surface area contributed by atoms with Crippen LogP contribution in [0.2, 0.25) is 0 Å². The summed E-state index contributed by atoms with van der Waals surface area (Å²) in [4.78, 5) is 4.57. The van der Waals surface area contributed by atoms with Crippen LogP contribution in [0.15, 0.2) is 59.5 Å². The summed E-state index contributed by atoms with van der Waals surface area (Å²) in [6.45, 7) is 1.62. The van der Waals surface area contributed by atoms with Gasteiger partial charge in [0.1, 0.15) is 10.6 Å². The minimum Gasteiger partial charge on any atom is -0.493 e. The van der Waals surface area contributed by atoms with Gasteiger partial charge in [-0.1, -0.05) is 12.1 Å². The highest BCUT2D eigenvalue weighted by atomic mass is 32.2. The Labute approximate surface area is 299 Å². The van der Waals surface area contributed by atoms with Gasteiger partial charge in [0.05, 0.1) is 35.5 Å². The highest BCUT2D eigenvalue weighted by Crippen LogP contribution is 2.52. The van der Waals surface area contributed by atoms with Crippen molar-refractivity contribution in [3.05, 3.63) is 88.0 Å². The fraction of sp³-hybridized carbons (Fsp3) is 0.385. The Morgan fingerprint density at radius 1 is 0.667 bits per heavy atom. The lowest BCUT2D eigenvalue weighted by atomic mass is 9.87. The van der Waals surface area contributed by atoms with E-state index in [0.29, 0.717) is 58.8 Å². The first-order chi connectivity index (χ1) is 24.6. The van der Waals surface area contributed by atoms with Crippen molar-refractivity contribution >= 4 is 10.1 Å². The van der Waals surface area contributed by atoms with Crippen molar-refractivity contribution in [1.29, 1.82) is 0 Å². The van der Waals surface area contributed by atoms with Crippen LogP contribution in [0.5, 0.6) is 46.0 Å². The number of rotatable bonds is 6. The third kappa shape index (κ3) is 6.35. The second-order valence-electron chi connectivity index (χ2n) is 13.2. The fourth-order valence-electron chi connectivity index (χ4n) is 7.64. The van der Waals surface area contributed by atoms with Crippen molar-refractivity contribution in [3.63, 3.8) is 0 Å². The molecule has 4 aromatic carbocycles. The Kier molecular flexibility index (Phi) is 9.53. The SMILES string of the molecule is COc1cc(S(=O)(=O)OC)c2cc1Oc1ccc(cc1)CC1c3cc(c(OC)cc3CCN1C)Oc1c(OC)c(OC)cc3c1[C@@H](C2)N(C)CC3. The van der Waals surface area contributed by atoms with Crippen molar-refractivity contribution < 1.29 is 41.0 Å². The smallest absolute Gasteiger partial charge is 0.297 e. The van der Waals surface area contributed by atoms with Gasteiger partial charge in [-0.25, -0.2) is 0 Å². The van der Waals surface area contributed by atoms with Crippen LogP contribution in [0, 0.1) is 0 Å². The third-order valence-electron chi connectivity index (χ3n) is 10.4. The standard InChI is InChI=1S/C39H44N2O9S/c1-40-14-12-24-18-31(44-3)34-21-28(24)29(40)16-23-8-10-27(11-9-23)49-33-20-26(36(22-32(33)45-4)51(42,43)48-7)17-30-37-25(13-15-41(30)2)19-35(46-5)38(47-6)39(37)50-34/h8-11,18-22,29-30H,12-17H2,1-7H3/t29?,30-/m1/s1. The molecule has 4 aliphatic heterocycles. The molecule has 0 spiro atoms. The first-order valence-electron chi connectivity index (χ1n) is 16.9. The number of nitrogens with zero attached hydrogens (tertiary/aromatic N) is 2. The van der Waals surface area contributed by atoms with Crippen LogP contribution in [0.1, 0.15) is 45.5 Å². The Balaban J connectivity index is 1.52. The molecular formula is C39H44N2O9S. The number of ether oxygens (including phenoxy) is 6. The van der Waals surface area contributed by atoms with Crippen LogP contribution in [0.25, 0.3) is 0 Å². The third-order valence-corrected chi connectivity index (χ3v) is 11.8. The first-order valence-corrected chi connectivity index (χ1v) is 18.3. The van der Waals surface area contributed by atoms with Crippen molar-refractivity contribution in [3.8, 4) is 46.0 Å². The molecule has 4 heterocycles. The maximum absolute atomic E-state index is 13.5. The van der Waals surface area contributed by atoms with Crippen LogP contribution in [-0.2, 0) is 40.0 Å². The van der Waals surface area contributed by atoms with Gasteiger partial charge in [0.25, 0.3) is 10.1 Å². The average molecular weight is 717 g/mol.